The number of methoxy groups -OCH3 is 1. The molecule has 21 heavy (non-hydrogen) atoms. The van der Waals surface area contributed by atoms with Crippen molar-refractivity contribution in [2.45, 2.75) is 25.1 Å². The summed E-state index contributed by atoms with van der Waals surface area (Å²) in [5.74, 6) is -0.602. The normalized spacial score (nSPS) is 12.9. The first-order valence-corrected chi connectivity index (χ1v) is 8.42. The molecule has 1 unspecified atom stereocenters. The van der Waals surface area contributed by atoms with Crippen molar-refractivity contribution in [1.29, 1.82) is 0 Å². The molecule has 0 saturated heterocycles. The maximum Gasteiger partial charge on any atom is 0.242 e. The summed E-state index contributed by atoms with van der Waals surface area (Å²) in [6, 6.07) is 6.97. The zero-order valence-corrected chi connectivity index (χ0v) is 13.2. The number of carbonyl (C=O) groups is 1. The van der Waals surface area contributed by atoms with Crippen LogP contribution in [0.2, 0.25) is 0 Å². The molecule has 0 aliphatic heterocycles. The third-order valence-electron chi connectivity index (χ3n) is 3.14. The van der Waals surface area contributed by atoms with Crippen molar-refractivity contribution < 1.29 is 17.9 Å². The fourth-order valence-corrected chi connectivity index (χ4v) is 2.97. The quantitative estimate of drug-likeness (QED) is 0.695. The van der Waals surface area contributed by atoms with E-state index in [4.69, 9.17) is 10.5 Å². The van der Waals surface area contributed by atoms with Crippen LogP contribution in [0.25, 0.3) is 0 Å². The number of nitrogens with two attached hydrogens (primary N) is 1. The van der Waals surface area contributed by atoms with Gasteiger partial charge in [0.05, 0.1) is 5.75 Å². The van der Waals surface area contributed by atoms with Crippen LogP contribution in [0.15, 0.2) is 24.3 Å². The van der Waals surface area contributed by atoms with Gasteiger partial charge in [-0.3, -0.25) is 4.79 Å². The second kappa shape index (κ2) is 8.11. The van der Waals surface area contributed by atoms with Crippen molar-refractivity contribution in [3.8, 4) is 0 Å². The Kier molecular flexibility index (Phi) is 6.80. The Morgan fingerprint density at radius 2 is 1.95 bits per heavy atom. The molecule has 0 aliphatic rings. The van der Waals surface area contributed by atoms with E-state index in [1.807, 2.05) is 0 Å². The van der Waals surface area contributed by atoms with Gasteiger partial charge in [0.15, 0.2) is 9.84 Å². The number of anilines is 1. The summed E-state index contributed by atoms with van der Waals surface area (Å²) in [4.78, 5) is 12.0. The molecule has 118 valence electrons. The molecule has 3 N–H and O–H groups in total. The van der Waals surface area contributed by atoms with Gasteiger partial charge in [0.2, 0.25) is 5.91 Å². The lowest BCUT2D eigenvalue weighted by atomic mass is 10.2. The van der Waals surface area contributed by atoms with E-state index in [1.54, 1.807) is 24.3 Å². The van der Waals surface area contributed by atoms with Crippen molar-refractivity contribution >= 4 is 21.4 Å². The number of nitrogens with one attached hydrogen (secondary N) is 1. The summed E-state index contributed by atoms with van der Waals surface area (Å²) in [6.07, 6.45) is 0.377. The van der Waals surface area contributed by atoms with Gasteiger partial charge in [-0.15, -0.1) is 0 Å². The van der Waals surface area contributed by atoms with E-state index < -0.39 is 21.0 Å². The van der Waals surface area contributed by atoms with Gasteiger partial charge in [0.1, 0.15) is 5.25 Å². The summed E-state index contributed by atoms with van der Waals surface area (Å²) >= 11 is 0. The molecule has 0 aliphatic carbocycles. The van der Waals surface area contributed by atoms with E-state index >= 15 is 0 Å². The van der Waals surface area contributed by atoms with Gasteiger partial charge in [-0.1, -0.05) is 12.1 Å². The zero-order valence-electron chi connectivity index (χ0n) is 12.3. The van der Waals surface area contributed by atoms with Gasteiger partial charge in [-0.05, 0) is 31.0 Å². The lowest BCUT2D eigenvalue weighted by Crippen LogP contribution is -2.34. The monoisotopic (exact) mass is 314 g/mol. The molecule has 0 radical (unpaired) electrons. The summed E-state index contributed by atoms with van der Waals surface area (Å²) in [6.45, 7) is 2.17. The van der Waals surface area contributed by atoms with Gasteiger partial charge >= 0.3 is 0 Å². The largest absolute Gasteiger partial charge is 0.385 e. The Morgan fingerprint density at radius 1 is 1.33 bits per heavy atom. The van der Waals surface area contributed by atoms with E-state index in [-0.39, 0.29) is 5.75 Å². The highest BCUT2D eigenvalue weighted by Crippen LogP contribution is 2.12. The minimum Gasteiger partial charge on any atom is -0.385 e. The van der Waals surface area contributed by atoms with Crippen LogP contribution in [0, 0.1) is 0 Å². The molecule has 0 heterocycles. The third-order valence-corrected chi connectivity index (χ3v) is 5.29. The molecular weight excluding hydrogens is 292 g/mol. The van der Waals surface area contributed by atoms with Crippen molar-refractivity contribution in [2.75, 3.05) is 24.8 Å². The van der Waals surface area contributed by atoms with Crippen LogP contribution in [0.4, 0.5) is 5.69 Å². The van der Waals surface area contributed by atoms with E-state index in [1.165, 1.54) is 14.0 Å². The average molecular weight is 314 g/mol. The minimum atomic E-state index is -3.48. The van der Waals surface area contributed by atoms with Crippen LogP contribution < -0.4 is 11.1 Å². The number of sulfone groups is 1. The third kappa shape index (κ3) is 5.45. The molecule has 0 fully saturated rings. The molecule has 1 atom stereocenters. The fraction of sp³-hybridized carbons (Fsp3) is 0.500. The van der Waals surface area contributed by atoms with Crippen LogP contribution in [-0.4, -0.2) is 39.0 Å². The minimum absolute atomic E-state index is 0.0679. The second-order valence-corrected chi connectivity index (χ2v) is 7.19. The Labute approximate surface area is 125 Å². The first kappa shape index (κ1) is 17.6. The van der Waals surface area contributed by atoms with Crippen LogP contribution in [0.1, 0.15) is 18.9 Å². The maximum absolute atomic E-state index is 12.0. The van der Waals surface area contributed by atoms with Crippen LogP contribution >= 0.6 is 0 Å². The summed E-state index contributed by atoms with van der Waals surface area (Å²) in [7, 11) is -1.97. The Balaban J connectivity index is 2.64. The molecule has 0 aromatic heterocycles. The maximum atomic E-state index is 12.0. The number of rotatable bonds is 8. The first-order chi connectivity index (χ1) is 9.90. The Bertz CT molecular complexity index is 555. The fourth-order valence-electron chi connectivity index (χ4n) is 1.71. The topological polar surface area (TPSA) is 98.5 Å². The number of hydrogen-bond donors (Lipinski definition) is 2. The van der Waals surface area contributed by atoms with Gasteiger partial charge in [0.25, 0.3) is 0 Å². The molecular formula is C14H22N2O4S. The number of benzene rings is 1. The zero-order chi connectivity index (χ0) is 15.9. The standard InChI is InChI=1S/C14H22N2O4S/c1-11(21(18,19)9-3-8-20-2)14(17)16-13-6-4-12(10-15)5-7-13/h4-7,11H,3,8-10,15H2,1-2H3,(H,16,17). The molecule has 1 aromatic carbocycles. The summed E-state index contributed by atoms with van der Waals surface area (Å²) in [5.41, 5.74) is 6.98. The SMILES string of the molecule is COCCCS(=O)(=O)C(C)C(=O)Nc1ccc(CN)cc1. The number of amides is 1. The van der Waals surface area contributed by atoms with Gasteiger partial charge in [-0.2, -0.15) is 0 Å². The van der Waals surface area contributed by atoms with Gasteiger partial charge in [-0.25, -0.2) is 8.42 Å². The van der Waals surface area contributed by atoms with Crippen molar-refractivity contribution in [2.24, 2.45) is 5.73 Å². The van der Waals surface area contributed by atoms with Crippen LogP contribution in [0.3, 0.4) is 0 Å². The number of carbonyl (C=O) groups excluding carboxylic acids is 1. The first-order valence-electron chi connectivity index (χ1n) is 6.71. The van der Waals surface area contributed by atoms with E-state index in [2.05, 4.69) is 5.32 Å². The van der Waals surface area contributed by atoms with Crippen molar-refractivity contribution in [1.82, 2.24) is 0 Å². The van der Waals surface area contributed by atoms with Gasteiger partial charge < -0.3 is 15.8 Å². The number of ether oxygens (including phenoxy) is 1. The predicted octanol–water partition coefficient (Wildman–Crippen LogP) is 0.924. The highest BCUT2D eigenvalue weighted by molar-refractivity contribution is 7.92. The highest BCUT2D eigenvalue weighted by atomic mass is 32.2. The van der Waals surface area contributed by atoms with Crippen molar-refractivity contribution in [3.63, 3.8) is 0 Å². The Hall–Kier alpha value is -1.44. The molecule has 0 spiro atoms. The summed E-state index contributed by atoms with van der Waals surface area (Å²) < 4.78 is 28.8. The molecule has 0 saturated carbocycles. The molecule has 0 bridgehead atoms. The van der Waals surface area contributed by atoms with Crippen LogP contribution in [-0.2, 0) is 25.9 Å². The molecule has 1 rings (SSSR count). The Morgan fingerprint density at radius 3 is 2.48 bits per heavy atom. The van der Waals surface area contributed by atoms with Crippen molar-refractivity contribution in [3.05, 3.63) is 29.8 Å². The lowest BCUT2D eigenvalue weighted by Gasteiger charge is -2.13. The number of hydrogen-bond acceptors (Lipinski definition) is 5. The van der Waals surface area contributed by atoms with Gasteiger partial charge in [0, 0.05) is 25.9 Å². The molecule has 1 aromatic rings. The molecule has 6 nitrogen and oxygen atoms in total. The second-order valence-electron chi connectivity index (χ2n) is 4.75. The van der Waals surface area contributed by atoms with E-state index in [0.29, 0.717) is 25.3 Å². The van der Waals surface area contributed by atoms with Crippen LogP contribution in [0.5, 0.6) is 0 Å². The lowest BCUT2D eigenvalue weighted by molar-refractivity contribution is -0.115. The highest BCUT2D eigenvalue weighted by Gasteiger charge is 2.27. The van der Waals surface area contributed by atoms with E-state index in [9.17, 15) is 13.2 Å². The summed E-state index contributed by atoms with van der Waals surface area (Å²) in [5, 5.41) is 1.51. The average Bonchev–Trinajstić information content (AvgIpc) is 2.47. The smallest absolute Gasteiger partial charge is 0.242 e. The molecule has 7 heteroatoms. The van der Waals surface area contributed by atoms with E-state index in [0.717, 1.165) is 5.56 Å². The predicted molar refractivity (Wildman–Crippen MR) is 82.7 cm³/mol. The molecule has 1 amide bonds.